The zero-order valence-electron chi connectivity index (χ0n) is 15.1. The van der Waals surface area contributed by atoms with Gasteiger partial charge in [-0.3, -0.25) is 9.36 Å². The number of carbonyl (C=O) groups is 1. The predicted molar refractivity (Wildman–Crippen MR) is 111 cm³/mol. The van der Waals surface area contributed by atoms with Gasteiger partial charge in [-0.1, -0.05) is 27.5 Å². The Balaban J connectivity index is 1.83. The molecule has 0 amide bonds. The standard InChI is InChI=1S/C20H18BrClN4O2/c1-11-24-25-20-12(9-19(27)28)8-17(23-15-5-3-14(22)4-6-15)16-10-13(21)2-7-18(16)26(11)20/h2-7,10,12,17,23H,8-9H2,1H3,(H,27,28). The molecular weight excluding hydrogens is 444 g/mol. The molecule has 0 saturated carbocycles. The molecular formula is C20H18BrClN4O2. The fourth-order valence-corrected chi connectivity index (χ4v) is 4.24. The van der Waals surface area contributed by atoms with Gasteiger partial charge in [0.15, 0.2) is 0 Å². The van der Waals surface area contributed by atoms with Crippen molar-refractivity contribution in [2.24, 2.45) is 0 Å². The summed E-state index contributed by atoms with van der Waals surface area (Å²) in [6.45, 7) is 1.88. The summed E-state index contributed by atoms with van der Waals surface area (Å²) in [4.78, 5) is 11.5. The number of hydrogen-bond acceptors (Lipinski definition) is 4. The maximum Gasteiger partial charge on any atom is 0.304 e. The summed E-state index contributed by atoms with van der Waals surface area (Å²) in [6, 6.07) is 13.4. The molecule has 0 bridgehead atoms. The molecule has 3 aromatic rings. The molecule has 1 aliphatic heterocycles. The Morgan fingerprint density at radius 1 is 1.29 bits per heavy atom. The van der Waals surface area contributed by atoms with Crippen LogP contribution in [-0.4, -0.2) is 25.8 Å². The van der Waals surface area contributed by atoms with Gasteiger partial charge in [0.25, 0.3) is 0 Å². The van der Waals surface area contributed by atoms with E-state index < -0.39 is 5.97 Å². The highest BCUT2D eigenvalue weighted by molar-refractivity contribution is 9.10. The van der Waals surface area contributed by atoms with Crippen molar-refractivity contribution < 1.29 is 9.90 Å². The van der Waals surface area contributed by atoms with Gasteiger partial charge in [-0.05, 0) is 61.4 Å². The van der Waals surface area contributed by atoms with Gasteiger partial charge in [-0.25, -0.2) is 0 Å². The number of rotatable bonds is 4. The molecule has 0 aliphatic carbocycles. The Morgan fingerprint density at radius 2 is 2.04 bits per heavy atom. The average Bonchev–Trinajstić information content (AvgIpc) is 2.98. The molecule has 2 aromatic carbocycles. The summed E-state index contributed by atoms with van der Waals surface area (Å²) >= 11 is 9.57. The zero-order chi connectivity index (χ0) is 19.8. The molecule has 2 atom stereocenters. The normalized spacial score (nSPS) is 18.1. The molecule has 0 saturated heterocycles. The van der Waals surface area contributed by atoms with E-state index in [-0.39, 0.29) is 18.4 Å². The first-order valence-corrected chi connectivity index (χ1v) is 10.0. The number of benzene rings is 2. The summed E-state index contributed by atoms with van der Waals surface area (Å²) in [5.41, 5.74) is 2.94. The second-order valence-electron chi connectivity index (χ2n) is 6.88. The van der Waals surface area contributed by atoms with Crippen LogP contribution < -0.4 is 5.32 Å². The van der Waals surface area contributed by atoms with E-state index in [1.54, 1.807) is 0 Å². The van der Waals surface area contributed by atoms with Crippen molar-refractivity contribution in [3.05, 3.63) is 69.2 Å². The highest BCUT2D eigenvalue weighted by Gasteiger charge is 2.33. The molecule has 0 radical (unpaired) electrons. The highest BCUT2D eigenvalue weighted by Crippen LogP contribution is 2.41. The summed E-state index contributed by atoms with van der Waals surface area (Å²) < 4.78 is 2.93. The van der Waals surface area contributed by atoms with E-state index in [1.165, 1.54) is 0 Å². The molecule has 4 rings (SSSR count). The van der Waals surface area contributed by atoms with Crippen LogP contribution >= 0.6 is 27.5 Å². The average molecular weight is 462 g/mol. The Hall–Kier alpha value is -2.38. The molecule has 2 N–H and O–H groups in total. The molecule has 2 unspecified atom stereocenters. The second-order valence-corrected chi connectivity index (χ2v) is 8.23. The first-order valence-electron chi connectivity index (χ1n) is 8.88. The SMILES string of the molecule is Cc1nnc2n1-c1ccc(Br)cc1C(Nc1ccc(Cl)cc1)CC2CC(=O)O. The molecule has 0 fully saturated rings. The van der Waals surface area contributed by atoms with Crippen LogP contribution in [0.15, 0.2) is 46.9 Å². The molecule has 6 nitrogen and oxygen atoms in total. The van der Waals surface area contributed by atoms with E-state index in [0.717, 1.165) is 27.2 Å². The molecule has 28 heavy (non-hydrogen) atoms. The van der Waals surface area contributed by atoms with Gasteiger partial charge >= 0.3 is 5.97 Å². The van der Waals surface area contributed by atoms with Crippen LogP contribution in [0.5, 0.6) is 0 Å². The zero-order valence-corrected chi connectivity index (χ0v) is 17.4. The van der Waals surface area contributed by atoms with Crippen LogP contribution in [0.25, 0.3) is 5.69 Å². The number of carboxylic acids is 1. The number of nitrogens with zero attached hydrogens (tertiary/aromatic N) is 3. The van der Waals surface area contributed by atoms with Crippen LogP contribution in [0.2, 0.25) is 5.02 Å². The van der Waals surface area contributed by atoms with Gasteiger partial charge in [0.1, 0.15) is 11.6 Å². The monoisotopic (exact) mass is 460 g/mol. The number of carboxylic acid groups (broad SMARTS) is 1. The van der Waals surface area contributed by atoms with E-state index in [4.69, 9.17) is 11.6 Å². The largest absolute Gasteiger partial charge is 0.481 e. The minimum atomic E-state index is -0.852. The Labute approximate surface area is 175 Å². The van der Waals surface area contributed by atoms with Gasteiger partial charge in [-0.15, -0.1) is 10.2 Å². The molecule has 0 spiro atoms. The van der Waals surface area contributed by atoms with Crippen LogP contribution in [0.4, 0.5) is 5.69 Å². The quantitative estimate of drug-likeness (QED) is 0.564. The lowest BCUT2D eigenvalue weighted by Gasteiger charge is -2.23. The Bertz CT molecular complexity index is 1040. The van der Waals surface area contributed by atoms with Crippen LogP contribution in [0.3, 0.4) is 0 Å². The number of aryl methyl sites for hydroxylation is 1. The van der Waals surface area contributed by atoms with E-state index >= 15 is 0 Å². The van der Waals surface area contributed by atoms with Crippen molar-refractivity contribution in [3.8, 4) is 5.69 Å². The Morgan fingerprint density at radius 3 is 2.75 bits per heavy atom. The van der Waals surface area contributed by atoms with Gasteiger partial charge in [-0.2, -0.15) is 0 Å². The number of nitrogens with one attached hydrogen (secondary N) is 1. The fraction of sp³-hybridized carbons (Fsp3) is 0.250. The van der Waals surface area contributed by atoms with Crippen molar-refractivity contribution in [3.63, 3.8) is 0 Å². The molecule has 144 valence electrons. The predicted octanol–water partition coefficient (Wildman–Crippen LogP) is 5.11. The summed E-state index contributed by atoms with van der Waals surface area (Å²) in [7, 11) is 0. The van der Waals surface area contributed by atoms with Crippen LogP contribution in [0.1, 0.15) is 42.0 Å². The van der Waals surface area contributed by atoms with Crippen molar-refractivity contribution in [2.75, 3.05) is 5.32 Å². The fourth-order valence-electron chi connectivity index (χ4n) is 3.74. The smallest absolute Gasteiger partial charge is 0.304 e. The molecule has 1 aromatic heterocycles. The van der Waals surface area contributed by atoms with E-state index in [1.807, 2.05) is 47.9 Å². The van der Waals surface area contributed by atoms with Crippen molar-refractivity contribution in [2.45, 2.75) is 31.7 Å². The number of fused-ring (bicyclic) bond motifs is 3. The third kappa shape index (κ3) is 3.64. The van der Waals surface area contributed by atoms with Crippen molar-refractivity contribution in [1.29, 1.82) is 0 Å². The second kappa shape index (κ2) is 7.56. The van der Waals surface area contributed by atoms with E-state index in [9.17, 15) is 9.90 Å². The van der Waals surface area contributed by atoms with Crippen LogP contribution in [-0.2, 0) is 4.79 Å². The van der Waals surface area contributed by atoms with Gasteiger partial charge in [0.2, 0.25) is 0 Å². The molecule has 2 heterocycles. The lowest BCUT2D eigenvalue weighted by atomic mass is 9.92. The van der Waals surface area contributed by atoms with Crippen molar-refractivity contribution >= 4 is 39.2 Å². The van der Waals surface area contributed by atoms with Gasteiger partial charge in [0.05, 0.1) is 18.2 Å². The summed E-state index contributed by atoms with van der Waals surface area (Å²) in [6.07, 6.45) is 0.572. The lowest BCUT2D eigenvalue weighted by Crippen LogP contribution is -2.16. The van der Waals surface area contributed by atoms with Gasteiger partial charge < -0.3 is 10.4 Å². The van der Waals surface area contributed by atoms with Gasteiger partial charge in [0, 0.05) is 21.1 Å². The van der Waals surface area contributed by atoms with E-state index in [2.05, 4.69) is 37.5 Å². The summed E-state index contributed by atoms with van der Waals surface area (Å²) in [5, 5.41) is 22.2. The van der Waals surface area contributed by atoms with Crippen LogP contribution in [0, 0.1) is 6.92 Å². The molecule has 1 aliphatic rings. The number of aromatic nitrogens is 3. The Kier molecular flexibility index (Phi) is 5.12. The first kappa shape index (κ1) is 19.0. The summed E-state index contributed by atoms with van der Waals surface area (Å²) in [5.74, 6) is 0.300. The lowest BCUT2D eigenvalue weighted by molar-refractivity contribution is -0.137. The minimum Gasteiger partial charge on any atom is -0.481 e. The molecule has 8 heteroatoms. The van der Waals surface area contributed by atoms with Crippen molar-refractivity contribution in [1.82, 2.24) is 14.8 Å². The third-order valence-corrected chi connectivity index (χ3v) is 5.69. The number of aliphatic carboxylic acids is 1. The van der Waals surface area contributed by atoms with E-state index in [0.29, 0.717) is 17.3 Å². The maximum atomic E-state index is 11.5. The number of halogens is 2. The highest BCUT2D eigenvalue weighted by atomic mass is 79.9. The topological polar surface area (TPSA) is 80.0 Å². The maximum absolute atomic E-state index is 11.5. The first-order chi connectivity index (χ1) is 13.4. The minimum absolute atomic E-state index is 0.00785. The number of hydrogen-bond donors (Lipinski definition) is 2. The third-order valence-electron chi connectivity index (χ3n) is 4.95. The number of anilines is 1.